The van der Waals surface area contributed by atoms with Gasteiger partial charge in [-0.1, -0.05) is 72.8 Å². The van der Waals surface area contributed by atoms with E-state index in [2.05, 4.69) is 22.8 Å². The zero-order valence-corrected chi connectivity index (χ0v) is 18.2. The molecule has 2 amide bonds. The van der Waals surface area contributed by atoms with Crippen molar-refractivity contribution in [3.8, 4) is 28.1 Å². The van der Waals surface area contributed by atoms with Gasteiger partial charge in [0.05, 0.1) is 11.4 Å². The monoisotopic (exact) mass is 450 g/mol. The van der Waals surface area contributed by atoms with Crippen LogP contribution in [0.1, 0.15) is 5.56 Å². The molecule has 1 aliphatic rings. The third-order valence-electron chi connectivity index (χ3n) is 5.27. The quantitative estimate of drug-likeness (QED) is 0.279. The lowest BCUT2D eigenvalue weighted by molar-refractivity contribution is -0.123. The Hall–Kier alpha value is -4.36. The molecular weight excluding hydrogens is 432 g/mol. The van der Waals surface area contributed by atoms with E-state index in [1.54, 1.807) is 17.0 Å². The van der Waals surface area contributed by atoms with Crippen LogP contribution in [0.4, 0.5) is 0 Å². The normalized spacial score (nSPS) is 13.5. The van der Waals surface area contributed by atoms with Crippen LogP contribution in [-0.4, -0.2) is 26.7 Å². The van der Waals surface area contributed by atoms with Gasteiger partial charge in [0.1, 0.15) is 5.57 Å². The zero-order valence-electron chi connectivity index (χ0n) is 17.4. The first kappa shape index (κ1) is 20.5. The Bertz CT molecular complexity index is 1370. The molecule has 160 valence electrons. The Morgan fingerprint density at radius 2 is 1.27 bits per heavy atom. The van der Waals surface area contributed by atoms with Gasteiger partial charge in [-0.3, -0.25) is 20.2 Å². The number of benzene rings is 3. The molecule has 1 fully saturated rings. The summed E-state index contributed by atoms with van der Waals surface area (Å²) < 4.78 is 1.73. The summed E-state index contributed by atoms with van der Waals surface area (Å²) in [7, 11) is 0. The van der Waals surface area contributed by atoms with Crippen LogP contribution in [0.15, 0.2) is 96.7 Å². The van der Waals surface area contributed by atoms with Gasteiger partial charge in [0.25, 0.3) is 11.8 Å². The van der Waals surface area contributed by atoms with Gasteiger partial charge in [0.2, 0.25) is 0 Å². The van der Waals surface area contributed by atoms with Crippen molar-refractivity contribution in [3.05, 3.63) is 102 Å². The van der Waals surface area contributed by atoms with E-state index < -0.39 is 11.8 Å². The van der Waals surface area contributed by atoms with Crippen molar-refractivity contribution in [1.82, 2.24) is 20.4 Å². The molecule has 0 unspecified atom stereocenters. The molecule has 0 saturated carbocycles. The zero-order chi connectivity index (χ0) is 22.8. The number of hydrogen-bond acceptors (Lipinski definition) is 4. The summed E-state index contributed by atoms with van der Waals surface area (Å²) in [6, 6.07) is 27.8. The Kier molecular flexibility index (Phi) is 5.38. The largest absolute Gasteiger partial charge is 0.299 e. The average molecular weight is 451 g/mol. The van der Waals surface area contributed by atoms with E-state index in [-0.39, 0.29) is 10.7 Å². The number of hydrogen-bond donors (Lipinski definition) is 2. The molecule has 0 bridgehead atoms. The van der Waals surface area contributed by atoms with Gasteiger partial charge in [0, 0.05) is 17.3 Å². The van der Waals surface area contributed by atoms with Crippen molar-refractivity contribution in [2.75, 3.05) is 0 Å². The molecule has 5 rings (SSSR count). The van der Waals surface area contributed by atoms with E-state index in [0.717, 1.165) is 22.4 Å². The molecule has 0 aliphatic carbocycles. The number of amides is 2. The number of carbonyl (C=O) groups excluding carboxylic acids is 2. The number of thiocarbonyl (C=S) groups is 1. The molecule has 6 nitrogen and oxygen atoms in total. The molecule has 1 saturated heterocycles. The van der Waals surface area contributed by atoms with E-state index in [4.69, 9.17) is 17.3 Å². The molecule has 0 spiro atoms. The lowest BCUT2D eigenvalue weighted by Crippen LogP contribution is -2.51. The molecule has 0 atom stereocenters. The number of para-hydroxylation sites is 1. The molecule has 4 aromatic rings. The number of carbonyl (C=O) groups is 2. The van der Waals surface area contributed by atoms with Gasteiger partial charge >= 0.3 is 0 Å². The molecule has 1 aliphatic heterocycles. The van der Waals surface area contributed by atoms with Gasteiger partial charge in [-0.15, -0.1) is 0 Å². The summed E-state index contributed by atoms with van der Waals surface area (Å²) in [6.07, 6.45) is 3.34. The maximum absolute atomic E-state index is 12.4. The first-order valence-electron chi connectivity index (χ1n) is 10.3. The van der Waals surface area contributed by atoms with Gasteiger partial charge in [-0.2, -0.15) is 5.10 Å². The predicted octanol–water partition coefficient (Wildman–Crippen LogP) is 4.12. The third kappa shape index (κ3) is 4.22. The number of nitrogens with one attached hydrogen (secondary N) is 2. The number of aromatic nitrogens is 2. The molecule has 1 aromatic heterocycles. The Morgan fingerprint density at radius 1 is 0.727 bits per heavy atom. The predicted molar refractivity (Wildman–Crippen MR) is 131 cm³/mol. The minimum absolute atomic E-state index is 0.00106. The van der Waals surface area contributed by atoms with E-state index in [1.807, 2.05) is 72.8 Å². The first-order valence-corrected chi connectivity index (χ1v) is 10.7. The Morgan fingerprint density at radius 3 is 1.91 bits per heavy atom. The van der Waals surface area contributed by atoms with Crippen molar-refractivity contribution < 1.29 is 9.59 Å². The summed E-state index contributed by atoms with van der Waals surface area (Å²) >= 11 is 4.89. The van der Waals surface area contributed by atoms with Crippen LogP contribution in [0, 0.1) is 0 Å². The van der Waals surface area contributed by atoms with Crippen LogP contribution in [0.2, 0.25) is 0 Å². The van der Waals surface area contributed by atoms with E-state index >= 15 is 0 Å². The Balaban J connectivity index is 1.59. The van der Waals surface area contributed by atoms with Crippen LogP contribution in [0.25, 0.3) is 34.1 Å². The second kappa shape index (κ2) is 8.64. The van der Waals surface area contributed by atoms with Crippen LogP contribution in [-0.2, 0) is 9.59 Å². The second-order valence-electron chi connectivity index (χ2n) is 7.45. The van der Waals surface area contributed by atoms with Crippen LogP contribution in [0.5, 0.6) is 0 Å². The van der Waals surface area contributed by atoms with Crippen LogP contribution >= 0.6 is 12.2 Å². The van der Waals surface area contributed by atoms with Gasteiger partial charge < -0.3 is 0 Å². The molecule has 2 N–H and O–H groups in total. The third-order valence-corrected chi connectivity index (χ3v) is 5.48. The van der Waals surface area contributed by atoms with Crippen molar-refractivity contribution in [2.24, 2.45) is 0 Å². The van der Waals surface area contributed by atoms with E-state index in [1.165, 1.54) is 0 Å². The summed E-state index contributed by atoms with van der Waals surface area (Å²) in [5.74, 6) is -1.08. The number of rotatable bonds is 4. The molecule has 2 heterocycles. The fourth-order valence-electron chi connectivity index (χ4n) is 3.64. The van der Waals surface area contributed by atoms with Crippen LogP contribution < -0.4 is 10.6 Å². The molecule has 3 aromatic carbocycles. The highest BCUT2D eigenvalue weighted by atomic mass is 32.1. The van der Waals surface area contributed by atoms with Crippen molar-refractivity contribution in [2.45, 2.75) is 0 Å². The van der Waals surface area contributed by atoms with E-state index in [0.29, 0.717) is 11.3 Å². The lowest BCUT2D eigenvalue weighted by Gasteiger charge is -2.16. The first-order chi connectivity index (χ1) is 16.1. The Labute approximate surface area is 195 Å². The van der Waals surface area contributed by atoms with Gasteiger partial charge in [0.15, 0.2) is 5.11 Å². The number of nitrogens with zero attached hydrogens (tertiary/aromatic N) is 2. The molecule has 33 heavy (non-hydrogen) atoms. The van der Waals surface area contributed by atoms with Crippen molar-refractivity contribution in [1.29, 1.82) is 0 Å². The fourth-order valence-corrected chi connectivity index (χ4v) is 3.83. The highest BCUT2D eigenvalue weighted by molar-refractivity contribution is 7.80. The smallest absolute Gasteiger partial charge is 0.263 e. The minimum Gasteiger partial charge on any atom is -0.299 e. The minimum atomic E-state index is -0.540. The molecular formula is C26H18N4O2S. The average Bonchev–Trinajstić information content (AvgIpc) is 3.26. The van der Waals surface area contributed by atoms with Crippen LogP contribution in [0.3, 0.4) is 0 Å². The summed E-state index contributed by atoms with van der Waals surface area (Å²) in [4.78, 5) is 24.8. The highest BCUT2D eigenvalue weighted by Crippen LogP contribution is 2.28. The topological polar surface area (TPSA) is 76.0 Å². The van der Waals surface area contributed by atoms with Gasteiger partial charge in [-0.25, -0.2) is 4.68 Å². The standard InChI is InChI=1S/C26H18N4O2S/c31-24-22(25(32)28-26(33)27-24)15-20-16-30(21-9-5-2-6-10-21)29-23(20)19-13-11-18(12-14-19)17-7-3-1-4-8-17/h1-16H,(H2,27,28,31,32,33). The maximum Gasteiger partial charge on any atom is 0.263 e. The fraction of sp³-hybridized carbons (Fsp3) is 0. The SMILES string of the molecule is O=C1NC(=S)NC(=O)C1=Cc1cn(-c2ccccc2)nc1-c1ccc(-c2ccccc2)cc1. The second-order valence-corrected chi connectivity index (χ2v) is 7.86. The van der Waals surface area contributed by atoms with Gasteiger partial charge in [-0.05, 0) is 41.6 Å². The summed E-state index contributed by atoms with van der Waals surface area (Å²) in [5, 5.41) is 9.70. The molecule has 0 radical (unpaired) electrons. The summed E-state index contributed by atoms with van der Waals surface area (Å²) in [6.45, 7) is 0. The van der Waals surface area contributed by atoms with E-state index in [9.17, 15) is 9.59 Å². The maximum atomic E-state index is 12.4. The van der Waals surface area contributed by atoms with Crippen molar-refractivity contribution in [3.63, 3.8) is 0 Å². The lowest BCUT2D eigenvalue weighted by atomic mass is 10.0. The molecule has 7 heteroatoms. The summed E-state index contributed by atoms with van der Waals surface area (Å²) in [5.41, 5.74) is 5.19. The van der Waals surface area contributed by atoms with Crippen molar-refractivity contribution >= 4 is 35.2 Å². The highest BCUT2D eigenvalue weighted by Gasteiger charge is 2.26.